The molecule has 2 aromatic carbocycles. The number of benzene rings is 1. The number of aromatic amines is 1. The summed E-state index contributed by atoms with van der Waals surface area (Å²) >= 11 is 1.74. The van der Waals surface area contributed by atoms with E-state index in [0.29, 0.717) is 37.8 Å². The molecule has 212 valence electrons. The lowest BCUT2D eigenvalue weighted by atomic mass is 10.1. The third-order valence-electron chi connectivity index (χ3n) is 7.71. The van der Waals surface area contributed by atoms with E-state index in [9.17, 15) is 9.59 Å². The predicted octanol–water partition coefficient (Wildman–Crippen LogP) is 2.78. The fourth-order valence-electron chi connectivity index (χ4n) is 5.66. The maximum atomic E-state index is 12.3. The van der Waals surface area contributed by atoms with Gasteiger partial charge in [-0.15, -0.1) is 11.3 Å². The molecule has 0 amide bonds. The fourth-order valence-corrected chi connectivity index (χ4v) is 6.81. The highest BCUT2D eigenvalue weighted by Crippen LogP contribution is 2.36. The number of nitrogens with zero attached hydrogens (tertiary/aromatic N) is 6. The molecule has 41 heavy (non-hydrogen) atoms. The molecular formula is C29H31N7O4S. The number of hydrogen-bond donors (Lipinski definition) is 1. The van der Waals surface area contributed by atoms with Gasteiger partial charge in [-0.1, -0.05) is 12.1 Å². The first-order valence-corrected chi connectivity index (χ1v) is 14.8. The molecule has 0 radical (unpaired) electrons. The van der Waals surface area contributed by atoms with E-state index in [-0.39, 0.29) is 11.9 Å². The number of thiophene rings is 1. The van der Waals surface area contributed by atoms with Crippen LogP contribution in [-0.4, -0.2) is 83.7 Å². The summed E-state index contributed by atoms with van der Waals surface area (Å²) in [6.45, 7) is 10.3. The number of nitrogens with one attached hydrogen (secondary N) is 1. The van der Waals surface area contributed by atoms with E-state index < -0.39 is 10.9 Å². The molecule has 0 atom stereocenters. The van der Waals surface area contributed by atoms with Crippen LogP contribution < -0.4 is 25.4 Å². The Morgan fingerprint density at radius 3 is 2.61 bits per heavy atom. The molecule has 0 bridgehead atoms. The smallest absolute Gasteiger partial charge is 0.272 e. The van der Waals surface area contributed by atoms with Gasteiger partial charge in [0, 0.05) is 61.6 Å². The van der Waals surface area contributed by atoms with Gasteiger partial charge in [0.2, 0.25) is 0 Å². The number of anilines is 2. The van der Waals surface area contributed by atoms with Crippen molar-refractivity contribution in [3.63, 3.8) is 0 Å². The molecule has 12 heteroatoms. The van der Waals surface area contributed by atoms with Gasteiger partial charge >= 0.3 is 0 Å². The number of H-pyrrole nitrogens is 1. The van der Waals surface area contributed by atoms with Gasteiger partial charge in [0.05, 0.1) is 41.2 Å². The van der Waals surface area contributed by atoms with Crippen molar-refractivity contribution in [2.75, 3.05) is 62.3 Å². The molecule has 0 aliphatic carbocycles. The lowest BCUT2D eigenvalue weighted by Gasteiger charge is -2.36. The number of hydrogen-bond acceptors (Lipinski definition) is 11. The highest BCUT2D eigenvalue weighted by Gasteiger charge is 2.30. The summed E-state index contributed by atoms with van der Waals surface area (Å²) in [7, 11) is 0. The maximum absolute atomic E-state index is 12.3. The lowest BCUT2D eigenvalue weighted by molar-refractivity contribution is 0.122. The minimum absolute atomic E-state index is 0.148. The molecule has 2 aliphatic rings. The average Bonchev–Trinajstić information content (AvgIpc) is 3.64. The minimum Gasteiger partial charge on any atom is -0.485 e. The van der Waals surface area contributed by atoms with Crippen LogP contribution in [0.25, 0.3) is 32.5 Å². The second kappa shape index (κ2) is 10.5. The van der Waals surface area contributed by atoms with E-state index in [1.165, 1.54) is 4.88 Å². The zero-order valence-corrected chi connectivity index (χ0v) is 23.9. The monoisotopic (exact) mass is 573 g/mol. The zero-order valence-electron chi connectivity index (χ0n) is 23.1. The number of morpholine rings is 1. The molecule has 5 heterocycles. The van der Waals surface area contributed by atoms with Crippen LogP contribution in [0.5, 0.6) is 5.75 Å². The highest BCUT2D eigenvalue weighted by atomic mass is 32.1. The van der Waals surface area contributed by atoms with Crippen LogP contribution in [0.4, 0.5) is 11.5 Å². The van der Waals surface area contributed by atoms with Gasteiger partial charge in [-0.2, -0.15) is 5.10 Å². The highest BCUT2D eigenvalue weighted by molar-refractivity contribution is 7.19. The fraction of sp³-hybridized carbons (Fsp3) is 0.414. The normalized spacial score (nSPS) is 17.0. The third-order valence-corrected chi connectivity index (χ3v) is 8.81. The molecule has 5 aromatic rings. The van der Waals surface area contributed by atoms with E-state index in [0.717, 1.165) is 65.2 Å². The summed E-state index contributed by atoms with van der Waals surface area (Å²) in [6, 6.07) is 8.23. The van der Waals surface area contributed by atoms with E-state index >= 15 is 0 Å². The lowest BCUT2D eigenvalue weighted by Crippen LogP contribution is -2.51. The Labute approximate surface area is 240 Å². The van der Waals surface area contributed by atoms with Crippen LogP contribution in [0.3, 0.4) is 0 Å². The predicted molar refractivity (Wildman–Crippen MR) is 160 cm³/mol. The topological polar surface area (TPSA) is 117 Å². The number of rotatable bonds is 7. The van der Waals surface area contributed by atoms with Crippen molar-refractivity contribution in [3.8, 4) is 17.1 Å². The van der Waals surface area contributed by atoms with Crippen molar-refractivity contribution in [2.24, 2.45) is 0 Å². The van der Waals surface area contributed by atoms with Gasteiger partial charge in [0.15, 0.2) is 17.4 Å². The Balaban J connectivity index is 1.15. The van der Waals surface area contributed by atoms with Crippen LogP contribution >= 0.6 is 11.3 Å². The van der Waals surface area contributed by atoms with Gasteiger partial charge in [-0.3, -0.25) is 19.6 Å². The van der Waals surface area contributed by atoms with Gasteiger partial charge in [-0.25, -0.2) is 9.97 Å². The van der Waals surface area contributed by atoms with Crippen LogP contribution in [0.15, 0.2) is 40.1 Å². The molecule has 3 aromatic heterocycles. The molecule has 0 saturated carbocycles. The molecule has 0 unspecified atom stereocenters. The Morgan fingerprint density at radius 1 is 1.02 bits per heavy atom. The summed E-state index contributed by atoms with van der Waals surface area (Å²) in [5.41, 5.74) is 2.34. The number of aromatic nitrogens is 4. The Hall–Kier alpha value is -3.87. The SMILES string of the molecule is CC(C)Oc1c(N2CCN(Cc3cc4nc(-c5cccc6[nH]ncc56)nc(N5CCOCC5)c4s3)CC2)c(=O)c1=O. The second-order valence-electron chi connectivity index (χ2n) is 10.8. The number of ether oxygens (including phenoxy) is 2. The summed E-state index contributed by atoms with van der Waals surface area (Å²) in [6.07, 6.45) is 1.68. The van der Waals surface area contributed by atoms with Crippen LogP contribution in [-0.2, 0) is 11.3 Å². The van der Waals surface area contributed by atoms with Gasteiger partial charge in [0.25, 0.3) is 10.9 Å². The molecule has 2 saturated heterocycles. The van der Waals surface area contributed by atoms with Crippen LogP contribution in [0, 0.1) is 0 Å². The minimum atomic E-state index is -0.512. The van der Waals surface area contributed by atoms with E-state index in [1.807, 2.05) is 43.1 Å². The first-order valence-electron chi connectivity index (χ1n) is 14.0. The molecular weight excluding hydrogens is 542 g/mol. The van der Waals surface area contributed by atoms with Gasteiger partial charge in [-0.05, 0) is 26.0 Å². The van der Waals surface area contributed by atoms with Crippen molar-refractivity contribution in [2.45, 2.75) is 26.5 Å². The maximum Gasteiger partial charge on any atom is 0.272 e. The van der Waals surface area contributed by atoms with Crippen LogP contribution in [0.2, 0.25) is 0 Å². The Morgan fingerprint density at radius 2 is 1.83 bits per heavy atom. The number of piperazine rings is 1. The summed E-state index contributed by atoms with van der Waals surface area (Å²) < 4.78 is 12.3. The molecule has 2 aliphatic heterocycles. The molecule has 2 fully saturated rings. The van der Waals surface area contributed by atoms with Gasteiger partial charge in [0.1, 0.15) is 5.69 Å². The van der Waals surface area contributed by atoms with Crippen molar-refractivity contribution < 1.29 is 9.47 Å². The standard InChI is InChI=1S/C29H31N7O4S/c1-17(2)40-26-23(24(37)25(26)38)35-8-6-34(7-9-35)16-18-14-22-27(41-18)29(36-10-12-39-13-11-36)32-28(31-22)19-4-3-5-21-20(19)15-30-33-21/h3-5,14-15,17H,6-13,16H2,1-2H3,(H,30,33). The Bertz CT molecular complexity index is 1790. The number of fused-ring (bicyclic) bond motifs is 2. The van der Waals surface area contributed by atoms with Crippen molar-refractivity contribution in [1.82, 2.24) is 25.1 Å². The quantitative estimate of drug-likeness (QED) is 0.291. The average molecular weight is 574 g/mol. The zero-order chi connectivity index (χ0) is 28.1. The van der Waals surface area contributed by atoms with Crippen LogP contribution in [0.1, 0.15) is 18.7 Å². The van der Waals surface area contributed by atoms with E-state index in [4.69, 9.17) is 19.4 Å². The first-order chi connectivity index (χ1) is 20.0. The first kappa shape index (κ1) is 26.1. The second-order valence-corrected chi connectivity index (χ2v) is 11.9. The molecule has 7 rings (SSSR count). The van der Waals surface area contributed by atoms with Crippen molar-refractivity contribution >= 4 is 44.0 Å². The van der Waals surface area contributed by atoms with Gasteiger partial charge < -0.3 is 19.3 Å². The third kappa shape index (κ3) is 4.75. The van der Waals surface area contributed by atoms with Crippen molar-refractivity contribution in [3.05, 3.63) is 55.8 Å². The molecule has 0 spiro atoms. The molecule has 1 N–H and O–H groups in total. The largest absolute Gasteiger partial charge is 0.485 e. The summed E-state index contributed by atoms with van der Waals surface area (Å²) in [4.78, 5) is 42.4. The Kier molecular flexibility index (Phi) is 6.68. The van der Waals surface area contributed by atoms with Crippen molar-refractivity contribution in [1.29, 1.82) is 0 Å². The van der Waals surface area contributed by atoms with E-state index in [1.54, 1.807) is 11.3 Å². The summed E-state index contributed by atoms with van der Waals surface area (Å²) in [5.74, 6) is 1.86. The van der Waals surface area contributed by atoms with E-state index in [2.05, 4.69) is 26.1 Å². The summed E-state index contributed by atoms with van der Waals surface area (Å²) in [5, 5.41) is 8.26. The molecule has 11 nitrogen and oxygen atoms in total.